The van der Waals surface area contributed by atoms with Crippen molar-refractivity contribution in [2.45, 2.75) is 33.6 Å². The van der Waals surface area contributed by atoms with Gasteiger partial charge >= 0.3 is 6.03 Å². The second-order valence-corrected chi connectivity index (χ2v) is 7.73. The lowest BCUT2D eigenvalue weighted by Gasteiger charge is -2.42. The van der Waals surface area contributed by atoms with E-state index < -0.39 is 0 Å². The Morgan fingerprint density at radius 1 is 1.00 bits per heavy atom. The summed E-state index contributed by atoms with van der Waals surface area (Å²) in [6.45, 7) is 14.2. The van der Waals surface area contributed by atoms with Crippen molar-refractivity contribution < 1.29 is 9.53 Å². The van der Waals surface area contributed by atoms with Gasteiger partial charge in [0.2, 0.25) is 0 Å². The first-order chi connectivity index (χ1) is 10.4. The molecule has 0 aliphatic carbocycles. The van der Waals surface area contributed by atoms with E-state index in [4.69, 9.17) is 4.74 Å². The quantitative estimate of drug-likeness (QED) is 0.801. The number of nitrogens with zero attached hydrogens (tertiary/aromatic N) is 3. The molecule has 2 aliphatic heterocycles. The molecule has 2 saturated heterocycles. The zero-order valence-electron chi connectivity index (χ0n) is 14.8. The lowest BCUT2D eigenvalue weighted by atomic mass is 9.75. The highest BCUT2D eigenvalue weighted by molar-refractivity contribution is 5.74. The Hall–Kier alpha value is -0.810. The molecule has 0 aromatic heterocycles. The summed E-state index contributed by atoms with van der Waals surface area (Å²) in [6, 6.07) is 0.249. The van der Waals surface area contributed by atoms with Crippen molar-refractivity contribution in [1.82, 2.24) is 14.7 Å². The molecule has 2 fully saturated rings. The molecule has 2 heterocycles. The highest BCUT2D eigenvalue weighted by atomic mass is 16.5. The number of carbonyl (C=O) groups is 1. The summed E-state index contributed by atoms with van der Waals surface area (Å²) in [5.74, 6) is 0.738. The van der Waals surface area contributed by atoms with Crippen molar-refractivity contribution in [3.63, 3.8) is 0 Å². The molecule has 5 nitrogen and oxygen atoms in total. The van der Waals surface area contributed by atoms with E-state index in [1.54, 1.807) is 7.11 Å². The van der Waals surface area contributed by atoms with Crippen molar-refractivity contribution in [1.29, 1.82) is 0 Å². The number of likely N-dealkylation sites (tertiary alicyclic amines) is 1. The number of amides is 2. The van der Waals surface area contributed by atoms with Gasteiger partial charge in [0.15, 0.2) is 0 Å². The van der Waals surface area contributed by atoms with Crippen LogP contribution in [0.5, 0.6) is 0 Å². The molecule has 0 saturated carbocycles. The van der Waals surface area contributed by atoms with Gasteiger partial charge in [-0.25, -0.2) is 4.79 Å². The van der Waals surface area contributed by atoms with Gasteiger partial charge in [0.25, 0.3) is 0 Å². The molecule has 0 bridgehead atoms. The van der Waals surface area contributed by atoms with Crippen LogP contribution >= 0.6 is 0 Å². The number of piperidine rings is 1. The molecule has 0 atom stereocenters. The standard InChI is InChI=1S/C17H33N3O2/c1-17(2,3)15-5-7-19(8-6-15)16(21)20-11-9-18(10-12-20)13-14-22-4/h15H,5-14H2,1-4H3. The minimum atomic E-state index is 0.249. The Labute approximate surface area is 135 Å². The van der Waals surface area contributed by atoms with Gasteiger partial charge < -0.3 is 14.5 Å². The van der Waals surface area contributed by atoms with Gasteiger partial charge in [0, 0.05) is 52.9 Å². The summed E-state index contributed by atoms with van der Waals surface area (Å²) in [6.07, 6.45) is 2.28. The highest BCUT2D eigenvalue weighted by Crippen LogP contribution is 2.34. The van der Waals surface area contributed by atoms with Gasteiger partial charge in [-0.3, -0.25) is 4.90 Å². The molecule has 0 aromatic rings. The zero-order valence-corrected chi connectivity index (χ0v) is 14.8. The minimum absolute atomic E-state index is 0.249. The van der Waals surface area contributed by atoms with Gasteiger partial charge in [-0.2, -0.15) is 0 Å². The monoisotopic (exact) mass is 311 g/mol. The van der Waals surface area contributed by atoms with Gasteiger partial charge in [0.05, 0.1) is 6.61 Å². The Balaban J connectivity index is 1.75. The molecule has 2 aliphatic rings. The fourth-order valence-corrected chi connectivity index (χ4v) is 3.52. The minimum Gasteiger partial charge on any atom is -0.383 e. The lowest BCUT2D eigenvalue weighted by Crippen LogP contribution is -2.54. The van der Waals surface area contributed by atoms with Crippen LogP contribution in [0.3, 0.4) is 0 Å². The first kappa shape index (κ1) is 17.5. The number of piperazine rings is 1. The van der Waals surface area contributed by atoms with Crippen molar-refractivity contribution in [2.75, 3.05) is 59.5 Å². The summed E-state index contributed by atoms with van der Waals surface area (Å²) in [5, 5.41) is 0. The number of hydrogen-bond acceptors (Lipinski definition) is 3. The van der Waals surface area contributed by atoms with Crippen molar-refractivity contribution in [2.24, 2.45) is 11.3 Å². The van der Waals surface area contributed by atoms with Crippen LogP contribution in [0.4, 0.5) is 4.79 Å². The predicted molar refractivity (Wildman–Crippen MR) is 89.0 cm³/mol. The number of urea groups is 1. The Kier molecular flexibility index (Phi) is 6.09. The molecule has 5 heteroatoms. The average Bonchev–Trinajstić information content (AvgIpc) is 2.52. The molecule has 2 rings (SSSR count). The molecule has 0 unspecified atom stereocenters. The highest BCUT2D eigenvalue weighted by Gasteiger charge is 2.32. The third kappa shape index (κ3) is 4.59. The predicted octanol–water partition coefficient (Wildman–Crippen LogP) is 2.13. The van der Waals surface area contributed by atoms with E-state index in [1.807, 2.05) is 4.90 Å². The van der Waals surface area contributed by atoms with Crippen LogP contribution in [-0.2, 0) is 4.74 Å². The molecule has 0 radical (unpaired) electrons. The van der Waals surface area contributed by atoms with E-state index in [1.165, 1.54) is 0 Å². The Bertz CT molecular complexity index is 351. The third-order valence-electron chi connectivity index (χ3n) is 5.24. The lowest BCUT2D eigenvalue weighted by molar-refractivity contribution is 0.0757. The van der Waals surface area contributed by atoms with E-state index in [2.05, 4.69) is 30.6 Å². The summed E-state index contributed by atoms with van der Waals surface area (Å²) >= 11 is 0. The van der Waals surface area contributed by atoms with Crippen LogP contribution in [-0.4, -0.2) is 80.3 Å². The van der Waals surface area contributed by atoms with E-state index >= 15 is 0 Å². The van der Waals surface area contributed by atoms with Crippen LogP contribution < -0.4 is 0 Å². The maximum Gasteiger partial charge on any atom is 0.320 e. The largest absolute Gasteiger partial charge is 0.383 e. The van der Waals surface area contributed by atoms with Gasteiger partial charge in [-0.1, -0.05) is 20.8 Å². The van der Waals surface area contributed by atoms with Crippen LogP contribution in [0.15, 0.2) is 0 Å². The second kappa shape index (κ2) is 7.64. The van der Waals surface area contributed by atoms with Crippen LogP contribution in [0.1, 0.15) is 33.6 Å². The summed E-state index contributed by atoms with van der Waals surface area (Å²) < 4.78 is 5.12. The van der Waals surface area contributed by atoms with Crippen LogP contribution in [0, 0.1) is 11.3 Å². The first-order valence-electron chi connectivity index (χ1n) is 8.67. The van der Waals surface area contributed by atoms with Crippen molar-refractivity contribution >= 4 is 6.03 Å². The van der Waals surface area contributed by atoms with Crippen LogP contribution in [0.25, 0.3) is 0 Å². The summed E-state index contributed by atoms with van der Waals surface area (Å²) in [5.41, 5.74) is 0.363. The number of carbonyl (C=O) groups excluding carboxylic acids is 1. The average molecular weight is 311 g/mol. The third-order valence-corrected chi connectivity index (χ3v) is 5.24. The molecule has 128 valence electrons. The molecule has 0 spiro atoms. The molecule has 22 heavy (non-hydrogen) atoms. The number of hydrogen-bond donors (Lipinski definition) is 0. The van der Waals surface area contributed by atoms with E-state index in [0.29, 0.717) is 5.41 Å². The zero-order chi connectivity index (χ0) is 16.2. The first-order valence-corrected chi connectivity index (χ1v) is 8.67. The fourth-order valence-electron chi connectivity index (χ4n) is 3.52. The van der Waals surface area contributed by atoms with Crippen LogP contribution in [0.2, 0.25) is 0 Å². The molecule has 0 N–H and O–H groups in total. The smallest absolute Gasteiger partial charge is 0.320 e. The fraction of sp³-hybridized carbons (Fsp3) is 0.941. The topological polar surface area (TPSA) is 36.0 Å². The Morgan fingerprint density at radius 2 is 1.55 bits per heavy atom. The number of rotatable bonds is 3. The van der Waals surface area contributed by atoms with Gasteiger partial charge in [0.1, 0.15) is 0 Å². The van der Waals surface area contributed by atoms with E-state index in [0.717, 1.165) is 71.2 Å². The van der Waals surface area contributed by atoms with Crippen molar-refractivity contribution in [3.05, 3.63) is 0 Å². The summed E-state index contributed by atoms with van der Waals surface area (Å²) in [4.78, 5) is 19.1. The normalized spacial score (nSPS) is 22.2. The molecular formula is C17H33N3O2. The number of methoxy groups -OCH3 is 1. The number of ether oxygens (including phenoxy) is 1. The maximum absolute atomic E-state index is 12.6. The molecule has 2 amide bonds. The molecular weight excluding hydrogens is 278 g/mol. The second-order valence-electron chi connectivity index (χ2n) is 7.73. The Morgan fingerprint density at radius 3 is 2.05 bits per heavy atom. The van der Waals surface area contributed by atoms with E-state index in [9.17, 15) is 4.79 Å². The van der Waals surface area contributed by atoms with Gasteiger partial charge in [-0.05, 0) is 24.2 Å². The molecule has 0 aromatic carbocycles. The summed E-state index contributed by atoms with van der Waals surface area (Å²) in [7, 11) is 1.74. The van der Waals surface area contributed by atoms with E-state index in [-0.39, 0.29) is 6.03 Å². The SMILES string of the molecule is COCCN1CCN(C(=O)N2CCC(C(C)(C)C)CC2)CC1. The maximum atomic E-state index is 12.6. The van der Waals surface area contributed by atoms with Crippen molar-refractivity contribution in [3.8, 4) is 0 Å². The van der Waals surface area contributed by atoms with Gasteiger partial charge in [-0.15, -0.1) is 0 Å².